The van der Waals surface area contributed by atoms with Gasteiger partial charge in [-0.25, -0.2) is 4.98 Å². The molecule has 0 atom stereocenters. The highest BCUT2D eigenvalue weighted by Crippen LogP contribution is 2.16. The summed E-state index contributed by atoms with van der Waals surface area (Å²) in [5.74, 6) is -0.237. The maximum atomic E-state index is 11.6. The molecule has 1 heterocycles. The van der Waals surface area contributed by atoms with Crippen LogP contribution in [0, 0.1) is 5.41 Å². The first-order chi connectivity index (χ1) is 7.38. The van der Waals surface area contributed by atoms with E-state index in [1.807, 2.05) is 0 Å². The van der Waals surface area contributed by atoms with E-state index >= 15 is 0 Å². The van der Waals surface area contributed by atoms with Crippen molar-refractivity contribution in [3.05, 3.63) is 23.2 Å². The molecule has 1 N–H and O–H groups in total. The lowest BCUT2D eigenvalue weighted by molar-refractivity contribution is 0.0944. The van der Waals surface area contributed by atoms with E-state index in [1.165, 1.54) is 12.4 Å². The monoisotopic (exact) mass is 241 g/mol. The fourth-order valence-electron chi connectivity index (χ4n) is 1.09. The second kappa shape index (κ2) is 5.25. The lowest BCUT2D eigenvalue weighted by Crippen LogP contribution is -2.28. The van der Waals surface area contributed by atoms with Crippen LogP contribution in [-0.2, 0) is 0 Å². The van der Waals surface area contributed by atoms with E-state index in [0.29, 0.717) is 6.54 Å². The largest absolute Gasteiger partial charge is 0.351 e. The van der Waals surface area contributed by atoms with Crippen molar-refractivity contribution >= 4 is 17.5 Å². The molecule has 0 bridgehead atoms. The topological polar surface area (TPSA) is 54.9 Å². The predicted molar refractivity (Wildman–Crippen MR) is 63.4 cm³/mol. The van der Waals surface area contributed by atoms with Crippen LogP contribution in [0.4, 0.5) is 0 Å². The molecule has 0 aromatic carbocycles. The van der Waals surface area contributed by atoms with Crippen molar-refractivity contribution in [1.82, 2.24) is 15.3 Å². The van der Waals surface area contributed by atoms with Gasteiger partial charge in [0.2, 0.25) is 0 Å². The molecule has 0 aliphatic carbocycles. The summed E-state index contributed by atoms with van der Waals surface area (Å²) in [6.07, 6.45) is 3.71. The van der Waals surface area contributed by atoms with Gasteiger partial charge in [-0.15, -0.1) is 0 Å². The zero-order valence-corrected chi connectivity index (χ0v) is 10.5. The molecule has 5 heteroatoms. The van der Waals surface area contributed by atoms with Gasteiger partial charge in [-0.1, -0.05) is 32.4 Å². The minimum absolute atomic E-state index is 0.202. The average molecular weight is 242 g/mol. The summed E-state index contributed by atoms with van der Waals surface area (Å²) >= 11 is 5.64. The second-order valence-corrected chi connectivity index (χ2v) is 5.18. The zero-order chi connectivity index (χ0) is 12.2. The smallest absolute Gasteiger partial charge is 0.271 e. The van der Waals surface area contributed by atoms with Crippen molar-refractivity contribution in [2.75, 3.05) is 6.54 Å². The first kappa shape index (κ1) is 12.9. The van der Waals surface area contributed by atoms with Gasteiger partial charge in [0.1, 0.15) is 10.8 Å². The normalized spacial score (nSPS) is 11.2. The highest BCUT2D eigenvalue weighted by molar-refractivity contribution is 6.29. The van der Waals surface area contributed by atoms with Gasteiger partial charge in [0, 0.05) is 6.54 Å². The van der Waals surface area contributed by atoms with Crippen LogP contribution in [0.5, 0.6) is 0 Å². The van der Waals surface area contributed by atoms with Crippen LogP contribution in [0.1, 0.15) is 37.7 Å². The van der Waals surface area contributed by atoms with Gasteiger partial charge in [-0.3, -0.25) is 9.78 Å². The van der Waals surface area contributed by atoms with Crippen molar-refractivity contribution in [2.45, 2.75) is 27.2 Å². The van der Waals surface area contributed by atoms with E-state index in [9.17, 15) is 4.79 Å². The Kier molecular flexibility index (Phi) is 4.24. The van der Waals surface area contributed by atoms with Gasteiger partial charge < -0.3 is 5.32 Å². The van der Waals surface area contributed by atoms with Crippen LogP contribution >= 0.6 is 11.6 Å². The third-order valence-electron chi connectivity index (χ3n) is 2.00. The number of hydrogen-bond donors (Lipinski definition) is 1. The summed E-state index contributed by atoms with van der Waals surface area (Å²) in [5.41, 5.74) is 0.453. The molecule has 0 aliphatic rings. The first-order valence-corrected chi connectivity index (χ1v) is 5.52. The van der Waals surface area contributed by atoms with Crippen molar-refractivity contribution in [3.63, 3.8) is 0 Å². The summed E-state index contributed by atoms with van der Waals surface area (Å²) < 4.78 is 0. The molecule has 1 aromatic rings. The van der Waals surface area contributed by atoms with Gasteiger partial charge in [0.25, 0.3) is 5.91 Å². The molecule has 0 fully saturated rings. The van der Waals surface area contributed by atoms with Crippen LogP contribution in [0.2, 0.25) is 5.15 Å². The molecule has 0 spiro atoms. The molecule has 1 aromatic heterocycles. The summed E-state index contributed by atoms with van der Waals surface area (Å²) in [6, 6.07) is 0. The van der Waals surface area contributed by atoms with Gasteiger partial charge in [0.05, 0.1) is 12.4 Å². The Morgan fingerprint density at radius 2 is 2.12 bits per heavy atom. The number of carbonyl (C=O) groups is 1. The van der Waals surface area contributed by atoms with Crippen LogP contribution in [0.3, 0.4) is 0 Å². The Morgan fingerprint density at radius 3 is 2.69 bits per heavy atom. The number of amides is 1. The second-order valence-electron chi connectivity index (χ2n) is 4.79. The molecule has 0 aliphatic heterocycles. The lowest BCUT2D eigenvalue weighted by atomic mass is 9.92. The van der Waals surface area contributed by atoms with Crippen molar-refractivity contribution in [3.8, 4) is 0 Å². The van der Waals surface area contributed by atoms with Gasteiger partial charge in [-0.05, 0) is 11.8 Å². The van der Waals surface area contributed by atoms with Gasteiger partial charge >= 0.3 is 0 Å². The number of carbonyl (C=O) groups excluding carboxylic acids is 1. The molecule has 0 saturated heterocycles. The summed E-state index contributed by atoms with van der Waals surface area (Å²) in [5, 5.41) is 3.01. The lowest BCUT2D eigenvalue weighted by Gasteiger charge is -2.17. The van der Waals surface area contributed by atoms with Crippen LogP contribution in [0.15, 0.2) is 12.4 Å². The van der Waals surface area contributed by atoms with E-state index in [1.54, 1.807) is 0 Å². The summed E-state index contributed by atoms with van der Waals surface area (Å²) in [7, 11) is 0. The SMILES string of the molecule is CC(C)(C)CCNC(=O)c1cncc(Cl)n1. The molecule has 4 nitrogen and oxygen atoms in total. The van der Waals surface area contributed by atoms with Crippen molar-refractivity contribution in [1.29, 1.82) is 0 Å². The van der Waals surface area contributed by atoms with E-state index in [-0.39, 0.29) is 22.2 Å². The highest BCUT2D eigenvalue weighted by Gasteiger charge is 2.12. The molecular weight excluding hydrogens is 226 g/mol. The van der Waals surface area contributed by atoms with Gasteiger partial charge in [0.15, 0.2) is 0 Å². The molecule has 1 rings (SSSR count). The van der Waals surface area contributed by atoms with Crippen molar-refractivity contribution < 1.29 is 4.79 Å². The number of nitrogens with one attached hydrogen (secondary N) is 1. The third kappa shape index (κ3) is 4.57. The maximum absolute atomic E-state index is 11.6. The number of aromatic nitrogens is 2. The van der Waals surface area contributed by atoms with E-state index in [2.05, 4.69) is 36.1 Å². The molecule has 0 unspecified atom stereocenters. The summed E-state index contributed by atoms with van der Waals surface area (Å²) in [6.45, 7) is 6.99. The van der Waals surface area contributed by atoms with Crippen LogP contribution in [-0.4, -0.2) is 22.4 Å². The molecule has 1 amide bonds. The van der Waals surface area contributed by atoms with Gasteiger partial charge in [-0.2, -0.15) is 0 Å². The zero-order valence-electron chi connectivity index (χ0n) is 9.75. The molecule has 88 valence electrons. The third-order valence-corrected chi connectivity index (χ3v) is 2.18. The molecule has 0 saturated carbocycles. The highest BCUT2D eigenvalue weighted by atomic mass is 35.5. The molecular formula is C11H16ClN3O. The van der Waals surface area contributed by atoms with E-state index in [0.717, 1.165) is 6.42 Å². The molecule has 0 radical (unpaired) electrons. The Hall–Kier alpha value is -1.16. The van der Waals surface area contributed by atoms with Crippen LogP contribution in [0.25, 0.3) is 0 Å². The van der Waals surface area contributed by atoms with Crippen molar-refractivity contribution in [2.24, 2.45) is 5.41 Å². The fraction of sp³-hybridized carbons (Fsp3) is 0.545. The van der Waals surface area contributed by atoms with E-state index in [4.69, 9.17) is 11.6 Å². The van der Waals surface area contributed by atoms with E-state index < -0.39 is 0 Å². The standard InChI is InChI=1S/C11H16ClN3O/c1-11(2,3)4-5-14-10(16)8-6-13-7-9(12)15-8/h6-7H,4-5H2,1-3H3,(H,14,16). The predicted octanol–water partition coefficient (Wildman–Crippen LogP) is 2.30. The minimum Gasteiger partial charge on any atom is -0.351 e. The minimum atomic E-state index is -0.237. The number of nitrogens with zero attached hydrogens (tertiary/aromatic N) is 2. The average Bonchev–Trinajstić information content (AvgIpc) is 2.15. The first-order valence-electron chi connectivity index (χ1n) is 5.14. The van der Waals surface area contributed by atoms with Crippen LogP contribution < -0.4 is 5.32 Å². The Bertz CT molecular complexity index is 374. The Balaban J connectivity index is 2.47. The number of hydrogen-bond acceptors (Lipinski definition) is 3. The number of rotatable bonds is 3. The Morgan fingerprint density at radius 1 is 1.44 bits per heavy atom. The quantitative estimate of drug-likeness (QED) is 0.884. The maximum Gasteiger partial charge on any atom is 0.271 e. The fourth-order valence-corrected chi connectivity index (χ4v) is 1.24. The molecule has 16 heavy (non-hydrogen) atoms. The summed E-state index contributed by atoms with van der Waals surface area (Å²) in [4.78, 5) is 19.3. The Labute approximate surface area is 100 Å². The number of halogens is 1.